The summed E-state index contributed by atoms with van der Waals surface area (Å²) in [5, 5.41) is 0. The molecule has 0 radical (unpaired) electrons. The van der Waals surface area contributed by atoms with Crippen LogP contribution in [0.15, 0.2) is 0 Å². The van der Waals surface area contributed by atoms with Crippen molar-refractivity contribution in [1.82, 2.24) is 4.90 Å². The van der Waals surface area contributed by atoms with Gasteiger partial charge in [0.15, 0.2) is 0 Å². The number of hydrogen-bond acceptors (Lipinski definition) is 1. The van der Waals surface area contributed by atoms with Gasteiger partial charge in [0.2, 0.25) is 5.91 Å². The van der Waals surface area contributed by atoms with Crippen LogP contribution in [0.3, 0.4) is 0 Å². The molecule has 1 saturated heterocycles. The molecule has 0 spiro atoms. The number of hydrogen-bond donors (Lipinski definition) is 0. The zero-order chi connectivity index (χ0) is 7.72. The topological polar surface area (TPSA) is 20.3 Å². The summed E-state index contributed by atoms with van der Waals surface area (Å²) in [6, 6.07) is 0.357. The molecule has 1 heterocycles. The van der Waals surface area contributed by atoms with Crippen LogP contribution in [0, 0.1) is 0 Å². The van der Waals surface area contributed by atoms with E-state index in [-0.39, 0.29) is 5.91 Å². The number of alkyl halides is 1. The zero-order valence-electron chi connectivity index (χ0n) is 6.30. The van der Waals surface area contributed by atoms with Crippen molar-refractivity contribution in [3.63, 3.8) is 0 Å². The standard InChI is InChI=1S/C7H12BrNO/c1-5(2)9-4-6(8)3-7(9)10/h5-6H,3-4H2,1-2H3. The van der Waals surface area contributed by atoms with Gasteiger partial charge >= 0.3 is 0 Å². The maximum atomic E-state index is 11.1. The van der Waals surface area contributed by atoms with E-state index in [0.29, 0.717) is 17.3 Å². The Morgan fingerprint density at radius 2 is 2.30 bits per heavy atom. The van der Waals surface area contributed by atoms with Crippen molar-refractivity contribution in [2.24, 2.45) is 0 Å². The molecular formula is C7H12BrNO. The lowest BCUT2D eigenvalue weighted by Gasteiger charge is -2.19. The maximum absolute atomic E-state index is 11.1. The first-order valence-electron chi connectivity index (χ1n) is 3.55. The first-order valence-corrected chi connectivity index (χ1v) is 4.46. The smallest absolute Gasteiger partial charge is 0.224 e. The lowest BCUT2D eigenvalue weighted by molar-refractivity contribution is -0.129. The van der Waals surface area contributed by atoms with E-state index in [2.05, 4.69) is 15.9 Å². The molecular weight excluding hydrogens is 194 g/mol. The van der Waals surface area contributed by atoms with Gasteiger partial charge in [0.1, 0.15) is 0 Å². The molecule has 1 aliphatic heterocycles. The first-order chi connectivity index (χ1) is 4.61. The molecule has 0 saturated carbocycles. The summed E-state index contributed by atoms with van der Waals surface area (Å²) in [4.78, 5) is 13.4. The fourth-order valence-corrected chi connectivity index (χ4v) is 1.77. The average Bonchev–Trinajstić information content (AvgIpc) is 2.10. The Morgan fingerprint density at radius 1 is 1.70 bits per heavy atom. The molecule has 1 amide bonds. The third-order valence-electron chi connectivity index (χ3n) is 1.73. The Balaban J connectivity index is 2.55. The zero-order valence-corrected chi connectivity index (χ0v) is 7.89. The second-order valence-electron chi connectivity index (χ2n) is 2.94. The Bertz CT molecular complexity index is 147. The summed E-state index contributed by atoms with van der Waals surface area (Å²) in [5.41, 5.74) is 0. The second kappa shape index (κ2) is 2.91. The van der Waals surface area contributed by atoms with Crippen LogP contribution in [0.25, 0.3) is 0 Å². The number of carbonyl (C=O) groups excluding carboxylic acids is 1. The Labute approximate surface area is 69.7 Å². The summed E-state index contributed by atoms with van der Waals surface area (Å²) in [7, 11) is 0. The van der Waals surface area contributed by atoms with Gasteiger partial charge in [-0.25, -0.2) is 0 Å². The van der Waals surface area contributed by atoms with E-state index < -0.39 is 0 Å². The Morgan fingerprint density at radius 3 is 2.50 bits per heavy atom. The fraction of sp³-hybridized carbons (Fsp3) is 0.857. The largest absolute Gasteiger partial charge is 0.339 e. The van der Waals surface area contributed by atoms with Crippen molar-refractivity contribution in [1.29, 1.82) is 0 Å². The molecule has 58 valence electrons. The number of amides is 1. The summed E-state index contributed by atoms with van der Waals surface area (Å²) < 4.78 is 0. The quantitative estimate of drug-likeness (QED) is 0.593. The normalized spacial score (nSPS) is 26.6. The Kier molecular flexibility index (Phi) is 2.34. The molecule has 1 rings (SSSR count). The van der Waals surface area contributed by atoms with Gasteiger partial charge in [-0.1, -0.05) is 15.9 Å². The molecule has 0 aromatic rings. The predicted octanol–water partition coefficient (Wildman–Crippen LogP) is 1.39. The van der Waals surface area contributed by atoms with Crippen molar-refractivity contribution >= 4 is 21.8 Å². The molecule has 0 aromatic heterocycles. The molecule has 0 aromatic carbocycles. The van der Waals surface area contributed by atoms with Crippen LogP contribution >= 0.6 is 15.9 Å². The number of nitrogens with zero attached hydrogens (tertiary/aromatic N) is 1. The van der Waals surface area contributed by atoms with Gasteiger partial charge < -0.3 is 4.90 Å². The number of rotatable bonds is 1. The highest BCUT2D eigenvalue weighted by Gasteiger charge is 2.28. The third kappa shape index (κ3) is 1.51. The number of halogens is 1. The fourth-order valence-electron chi connectivity index (χ4n) is 1.19. The van der Waals surface area contributed by atoms with Crippen molar-refractivity contribution in [3.05, 3.63) is 0 Å². The van der Waals surface area contributed by atoms with Crippen molar-refractivity contribution < 1.29 is 4.79 Å². The van der Waals surface area contributed by atoms with Gasteiger partial charge in [-0.3, -0.25) is 4.79 Å². The molecule has 2 nitrogen and oxygen atoms in total. The monoisotopic (exact) mass is 205 g/mol. The van der Waals surface area contributed by atoms with E-state index in [1.807, 2.05) is 18.7 Å². The molecule has 0 aliphatic carbocycles. The van der Waals surface area contributed by atoms with E-state index in [0.717, 1.165) is 6.54 Å². The lowest BCUT2D eigenvalue weighted by atomic mass is 10.3. The minimum atomic E-state index is 0.275. The molecule has 10 heavy (non-hydrogen) atoms. The molecule has 3 heteroatoms. The molecule has 1 atom stereocenters. The second-order valence-corrected chi connectivity index (χ2v) is 4.24. The van der Waals surface area contributed by atoms with E-state index in [1.54, 1.807) is 0 Å². The van der Waals surface area contributed by atoms with Gasteiger partial charge in [-0.05, 0) is 13.8 Å². The van der Waals surface area contributed by atoms with Gasteiger partial charge in [0, 0.05) is 23.8 Å². The first kappa shape index (κ1) is 8.05. The molecule has 0 N–H and O–H groups in total. The Hall–Kier alpha value is -0.0500. The average molecular weight is 206 g/mol. The minimum Gasteiger partial charge on any atom is -0.339 e. The van der Waals surface area contributed by atoms with E-state index >= 15 is 0 Å². The highest BCUT2D eigenvalue weighted by Crippen LogP contribution is 2.19. The van der Waals surface area contributed by atoms with Gasteiger partial charge in [0.05, 0.1) is 0 Å². The lowest BCUT2D eigenvalue weighted by Crippen LogP contribution is -2.32. The van der Waals surface area contributed by atoms with Gasteiger partial charge in [0.25, 0.3) is 0 Å². The molecule has 1 unspecified atom stereocenters. The van der Waals surface area contributed by atoms with Crippen LogP contribution in [0.1, 0.15) is 20.3 Å². The van der Waals surface area contributed by atoms with E-state index in [1.165, 1.54) is 0 Å². The predicted molar refractivity (Wildman–Crippen MR) is 44.2 cm³/mol. The molecule has 1 aliphatic rings. The highest BCUT2D eigenvalue weighted by molar-refractivity contribution is 9.09. The summed E-state index contributed by atoms with van der Waals surface area (Å²) in [5.74, 6) is 0.275. The van der Waals surface area contributed by atoms with Crippen LogP contribution in [-0.2, 0) is 4.79 Å². The van der Waals surface area contributed by atoms with Crippen LogP contribution in [0.4, 0.5) is 0 Å². The molecule has 1 fully saturated rings. The minimum absolute atomic E-state index is 0.275. The van der Waals surface area contributed by atoms with Crippen molar-refractivity contribution in [2.45, 2.75) is 31.1 Å². The highest BCUT2D eigenvalue weighted by atomic mass is 79.9. The van der Waals surface area contributed by atoms with Crippen molar-refractivity contribution in [3.8, 4) is 0 Å². The van der Waals surface area contributed by atoms with Gasteiger partial charge in [-0.2, -0.15) is 0 Å². The number of likely N-dealkylation sites (tertiary alicyclic amines) is 1. The van der Waals surface area contributed by atoms with Crippen LogP contribution in [0.5, 0.6) is 0 Å². The summed E-state index contributed by atoms with van der Waals surface area (Å²) in [6.07, 6.45) is 0.665. The van der Waals surface area contributed by atoms with Crippen LogP contribution in [-0.4, -0.2) is 28.2 Å². The van der Waals surface area contributed by atoms with Gasteiger partial charge in [-0.15, -0.1) is 0 Å². The SMILES string of the molecule is CC(C)N1CC(Br)CC1=O. The maximum Gasteiger partial charge on any atom is 0.224 e. The molecule has 0 bridgehead atoms. The van der Waals surface area contributed by atoms with Crippen LogP contribution in [0.2, 0.25) is 0 Å². The van der Waals surface area contributed by atoms with E-state index in [9.17, 15) is 4.79 Å². The van der Waals surface area contributed by atoms with Crippen molar-refractivity contribution in [2.75, 3.05) is 6.54 Å². The third-order valence-corrected chi connectivity index (χ3v) is 2.35. The van der Waals surface area contributed by atoms with E-state index in [4.69, 9.17) is 0 Å². The summed E-state index contributed by atoms with van der Waals surface area (Å²) in [6.45, 7) is 4.96. The summed E-state index contributed by atoms with van der Waals surface area (Å²) >= 11 is 3.42. The van der Waals surface area contributed by atoms with Crippen LogP contribution < -0.4 is 0 Å². The number of carbonyl (C=O) groups is 1.